The van der Waals surface area contributed by atoms with Crippen LogP contribution in [0.4, 0.5) is 13.6 Å². The minimum Gasteiger partial charge on any atom is -0.371 e. The number of hydrogen-bond acceptors (Lipinski definition) is 2. The van der Waals surface area contributed by atoms with Crippen LogP contribution in [0.3, 0.4) is 0 Å². The van der Waals surface area contributed by atoms with Gasteiger partial charge in [0.1, 0.15) is 0 Å². The van der Waals surface area contributed by atoms with E-state index in [0.717, 1.165) is 31.5 Å². The van der Waals surface area contributed by atoms with Gasteiger partial charge in [0.25, 0.3) is 5.92 Å². The molecule has 1 aromatic rings. The average Bonchev–Trinajstić information content (AvgIpc) is 2.81. The predicted molar refractivity (Wildman–Crippen MR) is 96.0 cm³/mol. The molecule has 3 aliphatic rings. The van der Waals surface area contributed by atoms with Crippen LogP contribution in [0.2, 0.25) is 0 Å². The number of carbonyl (C=O) groups is 1. The Kier molecular flexibility index (Phi) is 4.42. The number of nitrogens with zero attached hydrogens (tertiary/aromatic N) is 2. The summed E-state index contributed by atoms with van der Waals surface area (Å²) in [6.45, 7) is 2.00. The molecule has 0 unspecified atom stereocenters. The number of hydrogen-bond donors (Lipinski definition) is 1. The fourth-order valence-corrected chi connectivity index (χ4v) is 3.74. The first-order chi connectivity index (χ1) is 12.5. The van der Waals surface area contributed by atoms with Gasteiger partial charge in [0.05, 0.1) is 6.54 Å². The molecule has 4 nitrogen and oxygen atoms in total. The highest BCUT2D eigenvalue weighted by molar-refractivity contribution is 5.74. The maximum absolute atomic E-state index is 13.2. The van der Waals surface area contributed by atoms with E-state index >= 15 is 0 Å². The Hall–Kier alpha value is -2.37. The monoisotopic (exact) mass is 359 g/mol. The van der Waals surface area contributed by atoms with Crippen LogP contribution in [0, 0.1) is 0 Å². The van der Waals surface area contributed by atoms with Crippen LogP contribution in [0.1, 0.15) is 23.1 Å². The lowest BCUT2D eigenvalue weighted by Crippen LogP contribution is -2.39. The van der Waals surface area contributed by atoms with Gasteiger partial charge in [-0.25, -0.2) is 13.6 Å². The summed E-state index contributed by atoms with van der Waals surface area (Å²) in [5.41, 5.74) is 4.98. The smallest absolute Gasteiger partial charge is 0.317 e. The number of allylic oxidation sites excluding steroid dienone is 3. The minimum atomic E-state index is -2.75. The molecule has 2 amide bonds. The van der Waals surface area contributed by atoms with Crippen molar-refractivity contribution in [1.82, 2.24) is 15.1 Å². The summed E-state index contributed by atoms with van der Waals surface area (Å²) in [6, 6.07) is 5.89. The SMILES string of the molecule is O=C(NCc1ccc2c(c1)CCN(C1=CC=C1)CC2)N1CCC(F)(F)C1. The molecule has 0 radical (unpaired) electrons. The van der Waals surface area contributed by atoms with Crippen LogP contribution in [0.15, 0.2) is 42.1 Å². The second-order valence-electron chi connectivity index (χ2n) is 7.23. The van der Waals surface area contributed by atoms with Crippen LogP contribution in [-0.4, -0.2) is 47.9 Å². The van der Waals surface area contributed by atoms with E-state index in [4.69, 9.17) is 0 Å². The molecule has 0 saturated carbocycles. The topological polar surface area (TPSA) is 35.6 Å². The first-order valence-electron chi connectivity index (χ1n) is 9.15. The molecule has 1 N–H and O–H groups in total. The van der Waals surface area contributed by atoms with Crippen molar-refractivity contribution in [3.05, 3.63) is 58.8 Å². The Balaban J connectivity index is 1.34. The number of benzene rings is 1. The second kappa shape index (κ2) is 6.74. The third-order valence-corrected chi connectivity index (χ3v) is 5.37. The van der Waals surface area contributed by atoms with Gasteiger partial charge in [-0.05, 0) is 41.7 Å². The molecule has 2 aliphatic heterocycles. The van der Waals surface area contributed by atoms with Gasteiger partial charge in [0.15, 0.2) is 0 Å². The quantitative estimate of drug-likeness (QED) is 0.900. The lowest BCUT2D eigenvalue weighted by molar-refractivity contribution is 0.0153. The Morgan fingerprint density at radius 2 is 1.92 bits per heavy atom. The zero-order chi connectivity index (χ0) is 18.1. The first-order valence-corrected chi connectivity index (χ1v) is 9.15. The van der Waals surface area contributed by atoms with Crippen LogP contribution < -0.4 is 5.32 Å². The van der Waals surface area contributed by atoms with Gasteiger partial charge in [-0.2, -0.15) is 0 Å². The molecule has 2 heterocycles. The highest BCUT2D eigenvalue weighted by Crippen LogP contribution is 2.27. The fraction of sp³-hybridized carbons (Fsp3) is 0.450. The number of alkyl halides is 2. The van der Waals surface area contributed by atoms with Gasteiger partial charge < -0.3 is 15.1 Å². The molecule has 6 heteroatoms. The number of nitrogens with one attached hydrogen (secondary N) is 1. The minimum absolute atomic E-state index is 0.114. The molecular weight excluding hydrogens is 336 g/mol. The van der Waals surface area contributed by atoms with E-state index < -0.39 is 18.5 Å². The summed E-state index contributed by atoms with van der Waals surface area (Å²) in [6.07, 6.45) is 8.07. The molecule has 1 aliphatic carbocycles. The van der Waals surface area contributed by atoms with Gasteiger partial charge in [0, 0.05) is 38.3 Å². The van der Waals surface area contributed by atoms with E-state index in [1.165, 1.54) is 21.7 Å². The highest BCUT2D eigenvalue weighted by atomic mass is 19.3. The summed E-state index contributed by atoms with van der Waals surface area (Å²) >= 11 is 0. The number of urea groups is 1. The first kappa shape index (κ1) is 17.1. The van der Waals surface area contributed by atoms with E-state index in [1.54, 1.807) is 0 Å². The normalized spacial score (nSPS) is 20.9. The van der Waals surface area contributed by atoms with Crippen molar-refractivity contribution in [2.45, 2.75) is 31.7 Å². The maximum atomic E-state index is 13.2. The summed E-state index contributed by atoms with van der Waals surface area (Å²) in [4.78, 5) is 15.7. The third kappa shape index (κ3) is 3.59. The van der Waals surface area contributed by atoms with Crippen LogP contribution in [0.25, 0.3) is 0 Å². The molecule has 4 rings (SSSR count). The summed E-state index contributed by atoms with van der Waals surface area (Å²) in [5.74, 6) is -2.75. The zero-order valence-corrected chi connectivity index (χ0v) is 14.7. The number of halogens is 2. The fourth-order valence-electron chi connectivity index (χ4n) is 3.74. The highest BCUT2D eigenvalue weighted by Gasteiger charge is 2.40. The molecule has 0 aromatic heterocycles. The molecule has 26 heavy (non-hydrogen) atoms. The van der Waals surface area contributed by atoms with Crippen molar-refractivity contribution in [2.24, 2.45) is 0 Å². The number of fused-ring (bicyclic) bond motifs is 1. The van der Waals surface area contributed by atoms with Gasteiger partial charge in [-0.15, -0.1) is 0 Å². The molecule has 0 bridgehead atoms. The number of amides is 2. The van der Waals surface area contributed by atoms with Crippen molar-refractivity contribution in [3.63, 3.8) is 0 Å². The van der Waals surface area contributed by atoms with Crippen molar-refractivity contribution in [1.29, 1.82) is 0 Å². The summed E-state index contributed by atoms with van der Waals surface area (Å²) < 4.78 is 26.5. The molecule has 1 fully saturated rings. The number of rotatable bonds is 3. The molecule has 138 valence electrons. The second-order valence-corrected chi connectivity index (χ2v) is 7.23. The average molecular weight is 359 g/mol. The van der Waals surface area contributed by atoms with E-state index in [0.29, 0.717) is 6.54 Å². The van der Waals surface area contributed by atoms with Crippen molar-refractivity contribution >= 4 is 6.03 Å². The predicted octanol–water partition coefficient (Wildman–Crippen LogP) is 3.09. The molecule has 1 aromatic carbocycles. The maximum Gasteiger partial charge on any atom is 0.317 e. The van der Waals surface area contributed by atoms with Crippen molar-refractivity contribution in [2.75, 3.05) is 26.2 Å². The number of carbonyl (C=O) groups excluding carboxylic acids is 1. The van der Waals surface area contributed by atoms with Crippen molar-refractivity contribution in [3.8, 4) is 0 Å². The third-order valence-electron chi connectivity index (χ3n) is 5.37. The van der Waals surface area contributed by atoms with Crippen molar-refractivity contribution < 1.29 is 13.6 Å². The lowest BCUT2D eigenvalue weighted by atomic mass is 10.00. The number of likely N-dealkylation sites (tertiary alicyclic amines) is 1. The van der Waals surface area contributed by atoms with Gasteiger partial charge in [-0.1, -0.05) is 24.3 Å². The summed E-state index contributed by atoms with van der Waals surface area (Å²) in [5, 5.41) is 2.77. The Morgan fingerprint density at radius 3 is 2.58 bits per heavy atom. The van der Waals surface area contributed by atoms with E-state index in [1.807, 2.05) is 6.07 Å². The van der Waals surface area contributed by atoms with Gasteiger partial charge >= 0.3 is 6.03 Å². The lowest BCUT2D eigenvalue weighted by Gasteiger charge is -2.26. The van der Waals surface area contributed by atoms with Crippen LogP contribution in [-0.2, 0) is 19.4 Å². The standard InChI is InChI=1S/C20H23F2N3O/c21-20(22)8-11-25(14-20)19(26)23-13-15-4-5-16-6-9-24(18-2-1-3-18)10-7-17(16)12-15/h1-5,12H,6-11,13-14H2,(H,23,26). The van der Waals surface area contributed by atoms with E-state index in [2.05, 4.69) is 40.6 Å². The molecule has 1 saturated heterocycles. The Morgan fingerprint density at radius 1 is 1.15 bits per heavy atom. The van der Waals surface area contributed by atoms with Gasteiger partial charge in [-0.3, -0.25) is 0 Å². The molecule has 0 spiro atoms. The Labute approximate surface area is 152 Å². The zero-order valence-electron chi connectivity index (χ0n) is 14.7. The van der Waals surface area contributed by atoms with Crippen LogP contribution in [0.5, 0.6) is 0 Å². The largest absolute Gasteiger partial charge is 0.371 e. The Bertz CT molecular complexity index is 772. The molecular formula is C20H23F2N3O. The van der Waals surface area contributed by atoms with E-state index in [9.17, 15) is 13.6 Å². The van der Waals surface area contributed by atoms with E-state index in [-0.39, 0.29) is 13.0 Å². The molecule has 0 atom stereocenters. The summed E-state index contributed by atoms with van der Waals surface area (Å²) in [7, 11) is 0. The van der Waals surface area contributed by atoms with Gasteiger partial charge in [0.2, 0.25) is 0 Å². The van der Waals surface area contributed by atoms with Crippen LogP contribution >= 0.6 is 0 Å².